The van der Waals surface area contributed by atoms with Crippen LogP contribution in [0.15, 0.2) is 40.7 Å². The van der Waals surface area contributed by atoms with Gasteiger partial charge in [0.05, 0.1) is 47.0 Å². The smallest absolute Gasteiger partial charge is 0.433 e. The van der Waals surface area contributed by atoms with Crippen molar-refractivity contribution in [1.82, 2.24) is 25.5 Å². The van der Waals surface area contributed by atoms with Gasteiger partial charge in [-0.05, 0) is 38.5 Å². The van der Waals surface area contributed by atoms with Crippen LogP contribution < -0.4 is 5.32 Å². The lowest BCUT2D eigenvalue weighted by atomic mass is 9.81. The van der Waals surface area contributed by atoms with E-state index < -0.39 is 12.1 Å². The van der Waals surface area contributed by atoms with Gasteiger partial charge in [-0.3, -0.25) is 10.00 Å². The van der Waals surface area contributed by atoms with Crippen molar-refractivity contribution >= 4 is 17.1 Å². The van der Waals surface area contributed by atoms with E-state index in [4.69, 9.17) is 9.57 Å². The van der Waals surface area contributed by atoms with Crippen molar-refractivity contribution in [2.24, 2.45) is 0 Å². The molecule has 0 aliphatic carbocycles. The van der Waals surface area contributed by atoms with E-state index in [0.29, 0.717) is 30.8 Å². The quantitative estimate of drug-likeness (QED) is 0.645. The molecule has 0 bridgehead atoms. The number of aromatic nitrogens is 2. The molecule has 10 nitrogen and oxygen atoms in total. The fourth-order valence-corrected chi connectivity index (χ4v) is 4.46. The fraction of sp³-hybridized carbons (Fsp3) is 0.417. The standard InChI is InChI=1S/C24H27N7O3/c1-4-33-24(32)34-31-9-7-30(8-10-31)14-22-18-11-17(5-6-21(18)28-29-22)23-19(12-25)15(2)27-16(3)20(23)13-26/h5-6,11,23,27H,4,7-10,14H2,1-3H3,(H,28,29). The summed E-state index contributed by atoms with van der Waals surface area (Å²) in [7, 11) is 0. The summed E-state index contributed by atoms with van der Waals surface area (Å²) >= 11 is 0. The summed E-state index contributed by atoms with van der Waals surface area (Å²) in [6.45, 7) is 8.98. The molecule has 3 heterocycles. The van der Waals surface area contributed by atoms with Crippen molar-refractivity contribution in [3.05, 3.63) is 52.0 Å². The lowest BCUT2D eigenvalue weighted by Gasteiger charge is -2.32. The number of nitrogens with zero attached hydrogens (tertiary/aromatic N) is 5. The van der Waals surface area contributed by atoms with E-state index in [1.807, 2.05) is 32.0 Å². The van der Waals surface area contributed by atoms with Gasteiger partial charge in [0.15, 0.2) is 0 Å². The Kier molecular flexibility index (Phi) is 6.82. The second kappa shape index (κ2) is 9.96. The number of hydroxylamine groups is 2. The molecule has 1 fully saturated rings. The minimum Gasteiger partial charge on any atom is -0.433 e. The normalized spacial score (nSPS) is 17.9. The summed E-state index contributed by atoms with van der Waals surface area (Å²) in [6.07, 6.45) is -0.678. The predicted octanol–water partition coefficient (Wildman–Crippen LogP) is 3.05. The van der Waals surface area contributed by atoms with Gasteiger partial charge in [-0.2, -0.15) is 15.6 Å². The molecular weight excluding hydrogens is 434 g/mol. The maximum absolute atomic E-state index is 11.5. The van der Waals surface area contributed by atoms with Crippen molar-refractivity contribution in [1.29, 1.82) is 10.5 Å². The minimum atomic E-state index is -0.678. The number of carbonyl (C=O) groups excluding carboxylic acids is 1. The lowest BCUT2D eigenvalue weighted by molar-refractivity contribution is -0.146. The maximum Gasteiger partial charge on any atom is 0.527 e. The van der Waals surface area contributed by atoms with Crippen molar-refractivity contribution in [3.8, 4) is 12.1 Å². The Bertz CT molecular complexity index is 1200. The number of carbonyl (C=O) groups is 1. The number of ether oxygens (including phenoxy) is 1. The van der Waals surface area contributed by atoms with Gasteiger partial charge in [0, 0.05) is 49.5 Å². The first-order valence-corrected chi connectivity index (χ1v) is 11.2. The first-order chi connectivity index (χ1) is 16.4. The number of aromatic amines is 1. The molecule has 1 aromatic carbocycles. The van der Waals surface area contributed by atoms with E-state index in [-0.39, 0.29) is 6.61 Å². The highest BCUT2D eigenvalue weighted by Gasteiger charge is 2.30. The van der Waals surface area contributed by atoms with Crippen molar-refractivity contribution in [2.45, 2.75) is 33.2 Å². The van der Waals surface area contributed by atoms with Crippen molar-refractivity contribution in [2.75, 3.05) is 32.8 Å². The molecule has 176 valence electrons. The number of nitrogens with one attached hydrogen (secondary N) is 2. The zero-order valence-electron chi connectivity index (χ0n) is 19.5. The second-order valence-electron chi connectivity index (χ2n) is 8.32. The number of piperazine rings is 1. The number of rotatable bonds is 5. The highest BCUT2D eigenvalue weighted by Crippen LogP contribution is 2.38. The summed E-state index contributed by atoms with van der Waals surface area (Å²) in [5, 5.41) is 32.9. The van der Waals surface area contributed by atoms with Crippen LogP contribution in [0.4, 0.5) is 4.79 Å². The van der Waals surface area contributed by atoms with Crippen molar-refractivity contribution < 1.29 is 14.4 Å². The summed E-state index contributed by atoms with van der Waals surface area (Å²) in [4.78, 5) is 19.0. The van der Waals surface area contributed by atoms with Gasteiger partial charge >= 0.3 is 6.16 Å². The third kappa shape index (κ3) is 4.60. The Morgan fingerprint density at radius 1 is 1.15 bits per heavy atom. The van der Waals surface area contributed by atoms with Gasteiger partial charge in [0.25, 0.3) is 0 Å². The Balaban J connectivity index is 1.54. The maximum atomic E-state index is 11.5. The molecule has 10 heteroatoms. The number of nitriles is 2. The number of hydrogen-bond acceptors (Lipinski definition) is 9. The molecule has 2 aliphatic heterocycles. The first-order valence-electron chi connectivity index (χ1n) is 11.2. The van der Waals surface area contributed by atoms with Crippen LogP contribution in [0, 0.1) is 22.7 Å². The Labute approximate surface area is 198 Å². The van der Waals surface area contributed by atoms with E-state index in [2.05, 4.69) is 32.6 Å². The molecule has 2 N–H and O–H groups in total. The molecule has 34 heavy (non-hydrogen) atoms. The summed E-state index contributed by atoms with van der Waals surface area (Å²) in [5.41, 5.74) is 5.29. The van der Waals surface area contributed by atoms with Gasteiger partial charge in [0.1, 0.15) is 0 Å². The number of hydrogen-bond donors (Lipinski definition) is 2. The molecule has 0 atom stereocenters. The zero-order valence-corrected chi connectivity index (χ0v) is 19.5. The molecule has 2 aromatic rings. The van der Waals surface area contributed by atoms with Crippen LogP contribution in [0.2, 0.25) is 0 Å². The Morgan fingerprint density at radius 2 is 1.82 bits per heavy atom. The SMILES string of the molecule is CCOC(=O)ON1CCN(Cc2[nH]nc3ccc(C4C(C#N)=C(C)NC(C)=C4C#N)cc23)CC1. The molecule has 0 spiro atoms. The van der Waals surface area contributed by atoms with Gasteiger partial charge in [0.2, 0.25) is 0 Å². The van der Waals surface area contributed by atoms with E-state index in [1.165, 1.54) is 0 Å². The molecule has 1 saturated heterocycles. The van der Waals surface area contributed by atoms with Gasteiger partial charge in [-0.15, -0.1) is 5.06 Å². The van der Waals surface area contributed by atoms with Crippen LogP contribution in [-0.4, -0.2) is 59.1 Å². The molecule has 0 amide bonds. The fourth-order valence-electron chi connectivity index (χ4n) is 4.46. The number of H-pyrrole nitrogens is 1. The number of allylic oxidation sites excluding steroid dienone is 4. The molecule has 2 aliphatic rings. The third-order valence-corrected chi connectivity index (χ3v) is 6.17. The zero-order chi connectivity index (χ0) is 24.2. The van der Waals surface area contributed by atoms with E-state index in [1.54, 1.807) is 12.0 Å². The summed E-state index contributed by atoms with van der Waals surface area (Å²) < 4.78 is 4.83. The van der Waals surface area contributed by atoms with Gasteiger partial charge in [-0.1, -0.05) is 6.07 Å². The number of dihydropyridines is 1. The van der Waals surface area contributed by atoms with Crippen LogP contribution in [0.1, 0.15) is 37.9 Å². The Hall–Kier alpha value is -3.86. The molecule has 0 saturated carbocycles. The largest absolute Gasteiger partial charge is 0.527 e. The summed E-state index contributed by atoms with van der Waals surface area (Å²) in [6, 6.07) is 10.5. The highest BCUT2D eigenvalue weighted by atomic mass is 16.8. The first kappa shape index (κ1) is 23.3. The lowest BCUT2D eigenvalue weighted by Crippen LogP contribution is -2.46. The van der Waals surface area contributed by atoms with Crippen molar-refractivity contribution in [3.63, 3.8) is 0 Å². The number of benzene rings is 1. The second-order valence-corrected chi connectivity index (χ2v) is 8.32. The third-order valence-electron chi connectivity index (χ3n) is 6.17. The Morgan fingerprint density at radius 3 is 2.44 bits per heavy atom. The minimum absolute atomic E-state index is 0.279. The molecular formula is C24H27N7O3. The molecule has 1 aromatic heterocycles. The van der Waals surface area contributed by atoms with Gasteiger partial charge in [-0.25, -0.2) is 4.79 Å². The molecule has 0 radical (unpaired) electrons. The average molecular weight is 462 g/mol. The summed E-state index contributed by atoms with van der Waals surface area (Å²) in [5.74, 6) is -0.410. The topological polar surface area (TPSA) is 130 Å². The predicted molar refractivity (Wildman–Crippen MR) is 124 cm³/mol. The van der Waals surface area contributed by atoms with Crippen LogP contribution in [0.3, 0.4) is 0 Å². The van der Waals surface area contributed by atoms with E-state index in [0.717, 1.165) is 46.6 Å². The van der Waals surface area contributed by atoms with E-state index >= 15 is 0 Å². The number of fused-ring (bicyclic) bond motifs is 1. The monoisotopic (exact) mass is 461 g/mol. The molecule has 4 rings (SSSR count). The van der Waals surface area contributed by atoms with Crippen LogP contribution >= 0.6 is 0 Å². The van der Waals surface area contributed by atoms with Crippen LogP contribution in [-0.2, 0) is 16.1 Å². The van der Waals surface area contributed by atoms with E-state index in [9.17, 15) is 15.3 Å². The van der Waals surface area contributed by atoms with Gasteiger partial charge < -0.3 is 14.9 Å². The molecule has 0 unspecified atom stereocenters. The highest BCUT2D eigenvalue weighted by molar-refractivity contribution is 5.82. The average Bonchev–Trinajstić information content (AvgIpc) is 3.22. The van der Waals surface area contributed by atoms with Crippen LogP contribution in [0.25, 0.3) is 10.9 Å². The van der Waals surface area contributed by atoms with Crippen LogP contribution in [0.5, 0.6) is 0 Å².